The van der Waals surface area contributed by atoms with E-state index >= 15 is 0 Å². The zero-order chi connectivity index (χ0) is 18.3. The van der Waals surface area contributed by atoms with E-state index in [1.807, 2.05) is 6.08 Å². The first kappa shape index (κ1) is 16.5. The lowest BCUT2D eigenvalue weighted by Gasteiger charge is -2.65. The number of fused-ring (bicyclic) bond motifs is 1. The quantitative estimate of drug-likeness (QED) is 0.592. The second-order valence-corrected chi connectivity index (χ2v) is 9.50. The van der Waals surface area contributed by atoms with Crippen LogP contribution in [0.1, 0.15) is 38.5 Å². The van der Waals surface area contributed by atoms with Crippen LogP contribution in [0.15, 0.2) is 47.3 Å². The molecular weight excluding hydrogens is 326 g/mol. The van der Waals surface area contributed by atoms with Gasteiger partial charge in [-0.1, -0.05) is 18.2 Å². The summed E-state index contributed by atoms with van der Waals surface area (Å²) in [7, 11) is 2.29. The summed E-state index contributed by atoms with van der Waals surface area (Å²) in [6.45, 7) is 6.29. The lowest BCUT2D eigenvalue weighted by molar-refractivity contribution is -0.944. The molecule has 1 heterocycles. The van der Waals surface area contributed by atoms with Gasteiger partial charge >= 0.3 is 0 Å². The predicted molar refractivity (Wildman–Crippen MR) is 99.3 cm³/mol. The highest BCUT2D eigenvalue weighted by atomic mass is 16.3. The summed E-state index contributed by atoms with van der Waals surface area (Å²) in [5.41, 5.74) is 1.24. The molecule has 4 heteroatoms. The summed E-state index contributed by atoms with van der Waals surface area (Å²) >= 11 is 0. The van der Waals surface area contributed by atoms with Crippen LogP contribution in [0.25, 0.3) is 0 Å². The summed E-state index contributed by atoms with van der Waals surface area (Å²) in [6.07, 6.45) is 11.0. The molecule has 2 N–H and O–H groups in total. The third-order valence-electron chi connectivity index (χ3n) is 7.81. The van der Waals surface area contributed by atoms with Crippen molar-refractivity contribution in [1.29, 1.82) is 0 Å². The lowest BCUT2D eigenvalue weighted by Crippen LogP contribution is -2.75. The van der Waals surface area contributed by atoms with Crippen molar-refractivity contribution in [3.05, 3.63) is 47.3 Å². The minimum atomic E-state index is -0.922. The average molecular weight is 354 g/mol. The van der Waals surface area contributed by atoms with E-state index in [-0.39, 0.29) is 17.6 Å². The molecule has 0 aromatic heterocycles. The van der Waals surface area contributed by atoms with Gasteiger partial charge < -0.3 is 14.7 Å². The fourth-order valence-corrected chi connectivity index (χ4v) is 6.35. The Balaban J connectivity index is 1.74. The Kier molecular flexibility index (Phi) is 3.17. The van der Waals surface area contributed by atoms with E-state index in [1.165, 1.54) is 18.9 Å². The summed E-state index contributed by atoms with van der Waals surface area (Å²) < 4.78 is 0.870. The molecule has 138 valence electrons. The Bertz CT molecular complexity index is 817. The lowest BCUT2D eigenvalue weighted by atomic mass is 9.48. The first-order chi connectivity index (χ1) is 12.3. The normalized spacial score (nSPS) is 44.5. The van der Waals surface area contributed by atoms with Crippen LogP contribution in [0.4, 0.5) is 0 Å². The van der Waals surface area contributed by atoms with Crippen molar-refractivity contribution in [3.63, 3.8) is 0 Å². The van der Waals surface area contributed by atoms with Gasteiger partial charge in [-0.15, -0.1) is 0 Å². The topological polar surface area (TPSA) is 57.5 Å². The SMILES string of the molecule is C=C1CC[C@@]2(O)[C@H]3C=C4C=CC(=O)C(O)=C4[C@@]2(CC[N+]3(C)CC2CC2)C1. The minimum absolute atomic E-state index is 0.00866. The van der Waals surface area contributed by atoms with Crippen LogP contribution in [-0.2, 0) is 4.79 Å². The molecule has 1 saturated heterocycles. The van der Waals surface area contributed by atoms with Gasteiger partial charge in [-0.3, -0.25) is 4.79 Å². The first-order valence-electron chi connectivity index (χ1n) is 9.91. The summed E-state index contributed by atoms with van der Waals surface area (Å²) in [6, 6.07) is 0.00866. The Hall–Kier alpha value is -1.65. The van der Waals surface area contributed by atoms with Gasteiger partial charge in [-0.05, 0) is 49.8 Å². The number of rotatable bonds is 2. The average Bonchev–Trinajstić information content (AvgIpc) is 3.39. The zero-order valence-corrected chi connectivity index (χ0v) is 15.5. The van der Waals surface area contributed by atoms with Gasteiger partial charge in [0.2, 0.25) is 5.78 Å². The largest absolute Gasteiger partial charge is 0.504 e. The molecule has 0 aromatic carbocycles. The number of hydrogen-bond acceptors (Lipinski definition) is 3. The summed E-state index contributed by atoms with van der Waals surface area (Å²) in [4.78, 5) is 12.2. The van der Waals surface area contributed by atoms with Crippen molar-refractivity contribution in [2.45, 2.75) is 50.2 Å². The molecule has 1 aliphatic heterocycles. The van der Waals surface area contributed by atoms with E-state index in [2.05, 4.69) is 19.7 Å². The number of likely N-dealkylation sites (tertiary alicyclic amines) is 1. The van der Waals surface area contributed by atoms with E-state index in [0.29, 0.717) is 18.4 Å². The number of carbonyl (C=O) groups excluding carboxylic acids is 1. The fraction of sp³-hybridized carbons (Fsp3) is 0.591. The maximum atomic E-state index is 12.2. The molecule has 1 unspecified atom stereocenters. The van der Waals surface area contributed by atoms with E-state index in [4.69, 9.17) is 0 Å². The summed E-state index contributed by atoms with van der Waals surface area (Å²) in [5, 5.41) is 22.8. The monoisotopic (exact) mass is 354 g/mol. The number of hydrogen-bond donors (Lipinski definition) is 2. The second-order valence-electron chi connectivity index (χ2n) is 9.50. The molecule has 0 spiro atoms. The minimum Gasteiger partial charge on any atom is -0.504 e. The standard InChI is InChI=1S/C22H27NO3/c1-14-7-8-22(26)18-11-16-5-6-17(24)20(25)19(16)21(22,12-14)9-10-23(18,2)13-15-3-4-15/h5-6,11,15,18,26H,1,3-4,7-10,12-13H2,2H3/p+1/t18-,21-,22-,23?/m1/s1. The van der Waals surface area contributed by atoms with Gasteiger partial charge in [0.25, 0.3) is 0 Å². The van der Waals surface area contributed by atoms with Crippen molar-refractivity contribution >= 4 is 5.78 Å². The third-order valence-corrected chi connectivity index (χ3v) is 7.81. The van der Waals surface area contributed by atoms with E-state index in [0.717, 1.165) is 47.5 Å². The number of nitrogens with zero attached hydrogens (tertiary/aromatic N) is 1. The van der Waals surface area contributed by atoms with Crippen molar-refractivity contribution in [1.82, 2.24) is 0 Å². The number of quaternary nitrogens is 1. The fourth-order valence-electron chi connectivity index (χ4n) is 6.35. The molecule has 0 radical (unpaired) electrons. The molecular formula is C22H28NO3+. The predicted octanol–water partition coefficient (Wildman–Crippen LogP) is 2.96. The Morgan fingerprint density at radius 3 is 2.81 bits per heavy atom. The Morgan fingerprint density at radius 1 is 1.31 bits per heavy atom. The van der Waals surface area contributed by atoms with Gasteiger partial charge in [0, 0.05) is 23.3 Å². The maximum absolute atomic E-state index is 12.2. The highest BCUT2D eigenvalue weighted by molar-refractivity contribution is 6.05. The van der Waals surface area contributed by atoms with Gasteiger partial charge in [0.1, 0.15) is 11.6 Å². The van der Waals surface area contributed by atoms with Crippen molar-refractivity contribution < 1.29 is 19.5 Å². The molecule has 4 nitrogen and oxygen atoms in total. The van der Waals surface area contributed by atoms with Gasteiger partial charge in [0.15, 0.2) is 5.76 Å². The molecule has 2 bridgehead atoms. The van der Waals surface area contributed by atoms with Gasteiger partial charge in [-0.25, -0.2) is 0 Å². The molecule has 4 aliphatic carbocycles. The highest BCUT2D eigenvalue weighted by Crippen LogP contribution is 2.64. The molecule has 2 saturated carbocycles. The maximum Gasteiger partial charge on any atom is 0.220 e. The number of aliphatic hydroxyl groups excluding tert-OH is 1. The second kappa shape index (κ2) is 4.99. The Labute approximate surface area is 154 Å². The molecule has 3 fully saturated rings. The first-order valence-corrected chi connectivity index (χ1v) is 9.91. The van der Waals surface area contributed by atoms with Crippen LogP contribution in [0.2, 0.25) is 0 Å². The van der Waals surface area contributed by atoms with E-state index in [1.54, 1.807) is 0 Å². The van der Waals surface area contributed by atoms with Crippen molar-refractivity contribution in [2.24, 2.45) is 11.3 Å². The summed E-state index contributed by atoms with van der Waals surface area (Å²) in [5.74, 6) is 0.273. The molecule has 26 heavy (non-hydrogen) atoms. The molecule has 0 amide bonds. The van der Waals surface area contributed by atoms with E-state index < -0.39 is 11.0 Å². The van der Waals surface area contributed by atoms with Crippen molar-refractivity contribution in [3.8, 4) is 0 Å². The van der Waals surface area contributed by atoms with Crippen LogP contribution in [0.3, 0.4) is 0 Å². The third kappa shape index (κ3) is 1.95. The number of piperidine rings is 1. The van der Waals surface area contributed by atoms with Crippen LogP contribution in [0.5, 0.6) is 0 Å². The van der Waals surface area contributed by atoms with Gasteiger partial charge in [0.05, 0.1) is 20.1 Å². The Morgan fingerprint density at radius 2 is 2.08 bits per heavy atom. The number of carbonyl (C=O) groups is 1. The van der Waals surface area contributed by atoms with E-state index in [9.17, 15) is 15.0 Å². The number of aliphatic hydroxyl groups is 2. The number of ketones is 1. The van der Waals surface area contributed by atoms with Crippen molar-refractivity contribution in [2.75, 3.05) is 20.1 Å². The molecule has 5 rings (SSSR count). The smallest absolute Gasteiger partial charge is 0.220 e. The molecule has 4 atom stereocenters. The highest BCUT2D eigenvalue weighted by Gasteiger charge is 2.69. The zero-order valence-electron chi connectivity index (χ0n) is 15.5. The number of likely N-dealkylation sites (N-methyl/N-ethyl adjacent to an activating group) is 1. The van der Waals surface area contributed by atoms with Crippen LogP contribution in [-0.4, -0.2) is 52.3 Å². The number of allylic oxidation sites excluding steroid dienone is 4. The molecule has 0 aromatic rings. The van der Waals surface area contributed by atoms with Gasteiger partial charge in [-0.2, -0.15) is 0 Å². The van der Waals surface area contributed by atoms with Crippen LogP contribution >= 0.6 is 0 Å². The van der Waals surface area contributed by atoms with Crippen LogP contribution in [0, 0.1) is 11.3 Å². The van der Waals surface area contributed by atoms with Crippen LogP contribution < -0.4 is 0 Å². The molecule has 5 aliphatic rings.